The van der Waals surface area contributed by atoms with Gasteiger partial charge in [-0.15, -0.1) is 0 Å². The van der Waals surface area contributed by atoms with Gasteiger partial charge in [-0.25, -0.2) is 0 Å². The number of ether oxygens (including phenoxy) is 1. The van der Waals surface area contributed by atoms with Crippen molar-refractivity contribution in [3.05, 3.63) is 35.4 Å². The van der Waals surface area contributed by atoms with Gasteiger partial charge in [0.25, 0.3) is 5.91 Å². The van der Waals surface area contributed by atoms with Crippen molar-refractivity contribution in [2.45, 2.75) is 70.6 Å². The maximum atomic E-state index is 12.7. The van der Waals surface area contributed by atoms with Gasteiger partial charge >= 0.3 is 0 Å². The number of benzene rings is 1. The van der Waals surface area contributed by atoms with Gasteiger partial charge in [0.1, 0.15) is 0 Å². The molecule has 1 amide bonds. The van der Waals surface area contributed by atoms with E-state index in [0.717, 1.165) is 24.8 Å². The molecule has 2 aliphatic rings. The number of hydrogen-bond donors (Lipinski definition) is 0. The minimum Gasteiger partial charge on any atom is -0.352 e. The van der Waals surface area contributed by atoms with Gasteiger partial charge in [0.05, 0.1) is 6.10 Å². The number of nitrogens with zero attached hydrogens (tertiary/aromatic N) is 1. The van der Waals surface area contributed by atoms with Gasteiger partial charge in [0.15, 0.2) is 6.23 Å². The molecule has 4 heteroatoms. The van der Waals surface area contributed by atoms with Crippen LogP contribution in [-0.2, 0) is 9.57 Å². The van der Waals surface area contributed by atoms with E-state index in [-0.39, 0.29) is 18.2 Å². The number of hydrogen-bond acceptors (Lipinski definition) is 3. The van der Waals surface area contributed by atoms with Gasteiger partial charge in [0.2, 0.25) is 0 Å². The summed E-state index contributed by atoms with van der Waals surface area (Å²) in [6.45, 7) is 2.86. The SMILES string of the molecule is CCCCCCOC1c2ccccc2C(=O)N1OC1CCCC1. The molecule has 1 fully saturated rings. The van der Waals surface area contributed by atoms with Crippen LogP contribution in [0.1, 0.15) is 80.4 Å². The highest BCUT2D eigenvalue weighted by atomic mass is 16.7. The number of carbonyl (C=O) groups is 1. The van der Waals surface area contributed by atoms with Crippen LogP contribution >= 0.6 is 0 Å². The molecule has 1 aliphatic carbocycles. The average Bonchev–Trinajstić information content (AvgIpc) is 3.17. The Kier molecular flexibility index (Phi) is 5.68. The number of amides is 1. The van der Waals surface area contributed by atoms with Crippen LogP contribution in [0, 0.1) is 0 Å². The standard InChI is InChI=1S/C19H27NO3/c1-2-3-4-9-14-22-19-17-13-8-7-12-16(17)18(21)20(19)23-15-10-5-6-11-15/h7-8,12-13,15,19H,2-6,9-11,14H2,1H3. The first-order valence-corrected chi connectivity index (χ1v) is 9.02. The Bertz CT molecular complexity index is 525. The number of rotatable bonds is 8. The van der Waals surface area contributed by atoms with Crippen LogP contribution in [0.4, 0.5) is 0 Å². The van der Waals surface area contributed by atoms with Crippen molar-refractivity contribution in [2.75, 3.05) is 6.61 Å². The van der Waals surface area contributed by atoms with Crippen molar-refractivity contribution in [3.63, 3.8) is 0 Å². The van der Waals surface area contributed by atoms with E-state index in [1.54, 1.807) is 0 Å². The van der Waals surface area contributed by atoms with Gasteiger partial charge in [0, 0.05) is 17.7 Å². The molecule has 0 N–H and O–H groups in total. The molecule has 1 atom stereocenters. The minimum absolute atomic E-state index is 0.0638. The summed E-state index contributed by atoms with van der Waals surface area (Å²) in [6.07, 6.45) is 8.82. The van der Waals surface area contributed by atoms with Gasteiger partial charge < -0.3 is 4.74 Å². The molecule has 0 saturated heterocycles. The molecule has 0 aromatic heterocycles. The molecule has 23 heavy (non-hydrogen) atoms. The van der Waals surface area contributed by atoms with Crippen molar-refractivity contribution < 1.29 is 14.4 Å². The van der Waals surface area contributed by atoms with Crippen LogP contribution in [0.3, 0.4) is 0 Å². The van der Waals surface area contributed by atoms with Gasteiger partial charge in [-0.3, -0.25) is 9.63 Å². The molecule has 1 saturated carbocycles. The van der Waals surface area contributed by atoms with Gasteiger partial charge in [-0.05, 0) is 25.3 Å². The third-order valence-corrected chi connectivity index (χ3v) is 4.71. The van der Waals surface area contributed by atoms with E-state index < -0.39 is 0 Å². The second kappa shape index (κ2) is 7.93. The summed E-state index contributed by atoms with van der Waals surface area (Å²) in [6, 6.07) is 7.69. The van der Waals surface area contributed by atoms with Crippen LogP contribution in [0.15, 0.2) is 24.3 Å². The fraction of sp³-hybridized carbons (Fsp3) is 0.632. The Balaban J connectivity index is 1.67. The number of carbonyl (C=O) groups excluding carboxylic acids is 1. The third kappa shape index (κ3) is 3.75. The van der Waals surface area contributed by atoms with Crippen LogP contribution in [-0.4, -0.2) is 23.7 Å². The highest BCUT2D eigenvalue weighted by Gasteiger charge is 2.40. The van der Waals surface area contributed by atoms with Crippen LogP contribution in [0.5, 0.6) is 0 Å². The first kappa shape index (κ1) is 16.5. The lowest BCUT2D eigenvalue weighted by Gasteiger charge is -2.27. The monoisotopic (exact) mass is 317 g/mol. The number of fused-ring (bicyclic) bond motifs is 1. The second-order valence-corrected chi connectivity index (χ2v) is 6.51. The molecule has 1 unspecified atom stereocenters. The van der Waals surface area contributed by atoms with Crippen molar-refractivity contribution in [2.24, 2.45) is 0 Å². The van der Waals surface area contributed by atoms with Crippen molar-refractivity contribution in [3.8, 4) is 0 Å². The molecule has 1 aromatic carbocycles. The summed E-state index contributed by atoms with van der Waals surface area (Å²) in [5.41, 5.74) is 1.65. The smallest absolute Gasteiger partial charge is 0.280 e. The van der Waals surface area contributed by atoms with E-state index in [2.05, 4.69) is 6.92 Å². The van der Waals surface area contributed by atoms with Crippen LogP contribution < -0.4 is 0 Å². The number of hydroxylamine groups is 2. The summed E-state index contributed by atoms with van der Waals surface area (Å²) >= 11 is 0. The zero-order valence-electron chi connectivity index (χ0n) is 14.0. The lowest BCUT2D eigenvalue weighted by Crippen LogP contribution is -2.33. The lowest BCUT2D eigenvalue weighted by molar-refractivity contribution is -0.240. The normalized spacial score (nSPS) is 21.2. The molecule has 1 heterocycles. The molecule has 126 valence electrons. The van der Waals surface area contributed by atoms with Gasteiger partial charge in [-0.1, -0.05) is 57.2 Å². The summed E-state index contributed by atoms with van der Waals surface area (Å²) < 4.78 is 6.05. The molecule has 1 aromatic rings. The Hall–Kier alpha value is -1.39. The molecule has 4 nitrogen and oxygen atoms in total. The zero-order valence-corrected chi connectivity index (χ0v) is 14.0. The summed E-state index contributed by atoms with van der Waals surface area (Å²) in [7, 11) is 0. The lowest BCUT2D eigenvalue weighted by atomic mass is 10.1. The highest BCUT2D eigenvalue weighted by Crippen LogP contribution is 2.36. The number of unbranched alkanes of at least 4 members (excludes halogenated alkanes) is 3. The molecule has 1 aliphatic heterocycles. The highest BCUT2D eigenvalue weighted by molar-refractivity contribution is 5.98. The first-order valence-electron chi connectivity index (χ1n) is 9.02. The molecule has 0 radical (unpaired) electrons. The summed E-state index contributed by atoms with van der Waals surface area (Å²) in [5.74, 6) is -0.0638. The van der Waals surface area contributed by atoms with Crippen LogP contribution in [0.25, 0.3) is 0 Å². The quantitative estimate of drug-likeness (QED) is 0.657. The van der Waals surface area contributed by atoms with E-state index >= 15 is 0 Å². The van der Waals surface area contributed by atoms with Crippen molar-refractivity contribution >= 4 is 5.91 Å². The predicted octanol–water partition coefficient (Wildman–Crippen LogP) is 4.61. The van der Waals surface area contributed by atoms with E-state index in [4.69, 9.17) is 9.57 Å². The minimum atomic E-state index is -0.388. The second-order valence-electron chi connectivity index (χ2n) is 6.51. The Morgan fingerprint density at radius 1 is 1.13 bits per heavy atom. The molecule has 0 spiro atoms. The molecule has 0 bridgehead atoms. The van der Waals surface area contributed by atoms with E-state index in [1.165, 1.54) is 37.2 Å². The van der Waals surface area contributed by atoms with E-state index in [0.29, 0.717) is 12.2 Å². The molecular formula is C19H27NO3. The third-order valence-electron chi connectivity index (χ3n) is 4.71. The van der Waals surface area contributed by atoms with Gasteiger partial charge in [-0.2, -0.15) is 5.06 Å². The van der Waals surface area contributed by atoms with E-state index in [9.17, 15) is 4.79 Å². The maximum Gasteiger partial charge on any atom is 0.280 e. The summed E-state index contributed by atoms with van der Waals surface area (Å²) in [5, 5.41) is 1.49. The average molecular weight is 317 g/mol. The largest absolute Gasteiger partial charge is 0.352 e. The zero-order chi connectivity index (χ0) is 16.1. The predicted molar refractivity (Wildman–Crippen MR) is 88.8 cm³/mol. The molecular weight excluding hydrogens is 290 g/mol. The fourth-order valence-corrected chi connectivity index (χ4v) is 3.40. The molecule has 3 rings (SSSR count). The van der Waals surface area contributed by atoms with Crippen molar-refractivity contribution in [1.82, 2.24) is 5.06 Å². The topological polar surface area (TPSA) is 38.8 Å². The Morgan fingerprint density at radius 2 is 1.91 bits per heavy atom. The maximum absolute atomic E-state index is 12.7. The first-order chi connectivity index (χ1) is 11.3. The fourth-order valence-electron chi connectivity index (χ4n) is 3.40. The van der Waals surface area contributed by atoms with Crippen LogP contribution in [0.2, 0.25) is 0 Å². The van der Waals surface area contributed by atoms with Crippen molar-refractivity contribution in [1.29, 1.82) is 0 Å². The Labute approximate surface area is 138 Å². The summed E-state index contributed by atoms with van der Waals surface area (Å²) in [4.78, 5) is 18.7. The van der Waals surface area contributed by atoms with E-state index in [1.807, 2.05) is 24.3 Å². The Morgan fingerprint density at radius 3 is 2.70 bits per heavy atom.